The van der Waals surface area contributed by atoms with E-state index in [4.69, 9.17) is 4.74 Å². The largest absolute Gasteiger partial charge is 0.485 e. The summed E-state index contributed by atoms with van der Waals surface area (Å²) >= 11 is 0. The van der Waals surface area contributed by atoms with Gasteiger partial charge in [0, 0.05) is 31.0 Å². The molecule has 1 aromatic rings. The maximum atomic E-state index is 6.46. The molecule has 3 heteroatoms. The Labute approximate surface area is 121 Å². The third-order valence-electron chi connectivity index (χ3n) is 5.21. The minimum absolute atomic E-state index is 0.0358. The van der Waals surface area contributed by atoms with Gasteiger partial charge in [0.25, 0.3) is 0 Å². The molecule has 2 unspecified atom stereocenters. The highest BCUT2D eigenvalue weighted by molar-refractivity contribution is 5.42. The van der Waals surface area contributed by atoms with Crippen LogP contribution in [0.1, 0.15) is 42.9 Å². The summed E-state index contributed by atoms with van der Waals surface area (Å²) in [7, 11) is 0. The summed E-state index contributed by atoms with van der Waals surface area (Å²) in [6.45, 7) is 6.75. The predicted molar refractivity (Wildman–Crippen MR) is 80.2 cm³/mol. The van der Waals surface area contributed by atoms with E-state index in [0.717, 1.165) is 31.7 Å². The minimum Gasteiger partial charge on any atom is -0.485 e. The van der Waals surface area contributed by atoms with Crippen LogP contribution in [-0.2, 0) is 0 Å². The number of nitrogens with one attached hydrogen (secondary N) is 1. The average Bonchev–Trinajstić information content (AvgIpc) is 3.09. The fourth-order valence-corrected chi connectivity index (χ4v) is 4.10. The zero-order valence-corrected chi connectivity index (χ0v) is 12.3. The molecule has 3 aliphatic rings. The zero-order valence-electron chi connectivity index (χ0n) is 12.3. The molecule has 3 aliphatic heterocycles. The van der Waals surface area contributed by atoms with Crippen LogP contribution >= 0.6 is 0 Å². The van der Waals surface area contributed by atoms with Gasteiger partial charge in [0.05, 0.1) is 0 Å². The summed E-state index contributed by atoms with van der Waals surface area (Å²) in [6.07, 6.45) is 4.99. The average molecular weight is 272 g/mol. The van der Waals surface area contributed by atoms with Crippen LogP contribution in [0, 0.1) is 6.92 Å². The molecule has 108 valence electrons. The van der Waals surface area contributed by atoms with Crippen LogP contribution < -0.4 is 10.1 Å². The van der Waals surface area contributed by atoms with Gasteiger partial charge in [-0.2, -0.15) is 0 Å². The van der Waals surface area contributed by atoms with Gasteiger partial charge >= 0.3 is 0 Å². The van der Waals surface area contributed by atoms with Gasteiger partial charge in [-0.1, -0.05) is 12.1 Å². The first-order chi connectivity index (χ1) is 9.76. The fourth-order valence-electron chi connectivity index (χ4n) is 4.10. The molecule has 0 amide bonds. The van der Waals surface area contributed by atoms with Crippen LogP contribution in [0.2, 0.25) is 0 Å². The molecule has 20 heavy (non-hydrogen) atoms. The lowest BCUT2D eigenvalue weighted by Gasteiger charge is -2.43. The maximum Gasteiger partial charge on any atom is 0.125 e. The lowest BCUT2D eigenvalue weighted by Crippen LogP contribution is -2.46. The van der Waals surface area contributed by atoms with Crippen LogP contribution in [0.3, 0.4) is 0 Å². The highest BCUT2D eigenvalue weighted by Crippen LogP contribution is 2.45. The SMILES string of the molecule is Cc1ccc2c(c1)OC1(CCNC1)CC2N1CCCC1. The molecule has 2 saturated heterocycles. The van der Waals surface area contributed by atoms with Crippen molar-refractivity contribution in [1.29, 1.82) is 0 Å². The summed E-state index contributed by atoms with van der Waals surface area (Å²) in [6, 6.07) is 7.32. The number of fused-ring (bicyclic) bond motifs is 1. The van der Waals surface area contributed by atoms with Gasteiger partial charge in [0.2, 0.25) is 0 Å². The van der Waals surface area contributed by atoms with Crippen molar-refractivity contribution in [3.63, 3.8) is 0 Å². The zero-order chi connectivity index (χ0) is 13.6. The van der Waals surface area contributed by atoms with Crippen molar-refractivity contribution in [3.8, 4) is 5.75 Å². The summed E-state index contributed by atoms with van der Waals surface area (Å²) in [5, 5.41) is 3.50. The number of benzene rings is 1. The van der Waals surface area contributed by atoms with Crippen molar-refractivity contribution in [1.82, 2.24) is 10.2 Å². The highest BCUT2D eigenvalue weighted by Gasteiger charge is 2.45. The summed E-state index contributed by atoms with van der Waals surface area (Å²) < 4.78 is 6.46. The minimum atomic E-state index is 0.0358. The van der Waals surface area contributed by atoms with Gasteiger partial charge in [0.1, 0.15) is 11.4 Å². The number of rotatable bonds is 1. The normalized spacial score (nSPS) is 33.4. The molecule has 3 nitrogen and oxygen atoms in total. The summed E-state index contributed by atoms with van der Waals surface area (Å²) in [4.78, 5) is 2.68. The lowest BCUT2D eigenvalue weighted by molar-refractivity contribution is 0.0228. The van der Waals surface area contributed by atoms with Crippen LogP contribution in [-0.4, -0.2) is 36.7 Å². The molecule has 3 heterocycles. The van der Waals surface area contributed by atoms with Crippen LogP contribution in [0.5, 0.6) is 5.75 Å². The Morgan fingerprint density at radius 3 is 2.90 bits per heavy atom. The van der Waals surface area contributed by atoms with Crippen molar-refractivity contribution in [2.75, 3.05) is 26.2 Å². The van der Waals surface area contributed by atoms with E-state index in [1.165, 1.54) is 37.1 Å². The third kappa shape index (κ3) is 2.04. The molecule has 1 aromatic carbocycles. The standard InChI is InChI=1S/C17H24N2O/c1-13-4-5-14-15(19-8-2-3-9-19)11-17(6-7-18-12-17)20-16(14)10-13/h4-5,10,15,18H,2-3,6-9,11-12H2,1H3. The third-order valence-corrected chi connectivity index (χ3v) is 5.21. The van der Waals surface area contributed by atoms with Gasteiger partial charge in [-0.05, 0) is 51.0 Å². The molecule has 0 radical (unpaired) electrons. The van der Waals surface area contributed by atoms with Crippen LogP contribution in [0.4, 0.5) is 0 Å². The van der Waals surface area contributed by atoms with Gasteiger partial charge < -0.3 is 10.1 Å². The Bertz CT molecular complexity index is 502. The Kier molecular flexibility index (Phi) is 3.00. The van der Waals surface area contributed by atoms with E-state index < -0.39 is 0 Å². The monoisotopic (exact) mass is 272 g/mol. The summed E-state index contributed by atoms with van der Waals surface area (Å²) in [5.74, 6) is 1.14. The molecule has 2 atom stereocenters. The molecule has 0 aromatic heterocycles. The smallest absolute Gasteiger partial charge is 0.125 e. The highest BCUT2D eigenvalue weighted by atomic mass is 16.5. The van der Waals surface area contributed by atoms with Crippen LogP contribution in [0.15, 0.2) is 18.2 Å². The Balaban J connectivity index is 1.73. The maximum absolute atomic E-state index is 6.46. The first kappa shape index (κ1) is 12.7. The number of ether oxygens (including phenoxy) is 1. The van der Waals surface area contributed by atoms with E-state index in [-0.39, 0.29) is 5.60 Å². The Hall–Kier alpha value is -1.06. The Morgan fingerprint density at radius 1 is 1.30 bits per heavy atom. The topological polar surface area (TPSA) is 24.5 Å². The molecule has 4 rings (SSSR count). The van der Waals surface area contributed by atoms with Gasteiger partial charge in [-0.25, -0.2) is 0 Å². The van der Waals surface area contributed by atoms with Gasteiger partial charge in [-0.3, -0.25) is 4.90 Å². The number of nitrogens with zero attached hydrogens (tertiary/aromatic N) is 1. The van der Waals surface area contributed by atoms with Crippen molar-refractivity contribution in [3.05, 3.63) is 29.3 Å². The fraction of sp³-hybridized carbons (Fsp3) is 0.647. The predicted octanol–water partition coefficient (Wildman–Crippen LogP) is 2.65. The van der Waals surface area contributed by atoms with Gasteiger partial charge in [0.15, 0.2) is 0 Å². The molecule has 0 aliphatic carbocycles. The molecular formula is C17H24N2O. The van der Waals surface area contributed by atoms with E-state index in [1.807, 2.05) is 0 Å². The number of hydrogen-bond acceptors (Lipinski definition) is 3. The molecular weight excluding hydrogens is 248 g/mol. The molecule has 1 spiro atoms. The first-order valence-electron chi connectivity index (χ1n) is 8.00. The van der Waals surface area contributed by atoms with Crippen molar-refractivity contribution < 1.29 is 4.74 Å². The van der Waals surface area contributed by atoms with Crippen molar-refractivity contribution in [2.24, 2.45) is 0 Å². The molecule has 0 saturated carbocycles. The quantitative estimate of drug-likeness (QED) is 0.850. The summed E-state index contributed by atoms with van der Waals surface area (Å²) in [5.41, 5.74) is 2.75. The second kappa shape index (κ2) is 4.74. The van der Waals surface area contributed by atoms with E-state index in [0.29, 0.717) is 6.04 Å². The first-order valence-corrected chi connectivity index (χ1v) is 8.00. The number of likely N-dealkylation sites (tertiary alicyclic amines) is 1. The number of aryl methyl sites for hydroxylation is 1. The van der Waals surface area contributed by atoms with E-state index in [9.17, 15) is 0 Å². The van der Waals surface area contributed by atoms with E-state index in [2.05, 4.69) is 35.3 Å². The lowest BCUT2D eigenvalue weighted by atomic mass is 9.85. The second-order valence-corrected chi connectivity index (χ2v) is 6.72. The van der Waals surface area contributed by atoms with E-state index in [1.54, 1.807) is 0 Å². The molecule has 0 bridgehead atoms. The molecule has 2 fully saturated rings. The van der Waals surface area contributed by atoms with Gasteiger partial charge in [-0.15, -0.1) is 0 Å². The Morgan fingerprint density at radius 2 is 2.15 bits per heavy atom. The van der Waals surface area contributed by atoms with Crippen molar-refractivity contribution >= 4 is 0 Å². The van der Waals surface area contributed by atoms with Crippen LogP contribution in [0.25, 0.3) is 0 Å². The molecule has 1 N–H and O–H groups in total. The van der Waals surface area contributed by atoms with Crippen molar-refractivity contribution in [2.45, 2.75) is 44.2 Å². The number of hydrogen-bond donors (Lipinski definition) is 1. The second-order valence-electron chi connectivity index (χ2n) is 6.72. The van der Waals surface area contributed by atoms with E-state index >= 15 is 0 Å².